The Bertz CT molecular complexity index is 806. The van der Waals surface area contributed by atoms with E-state index in [4.69, 9.17) is 9.47 Å². The van der Waals surface area contributed by atoms with E-state index in [9.17, 15) is 9.18 Å². The Balaban J connectivity index is 1.28. The standard InChI is InChI=1S/C19H20FN3O3/c20-15-2-1-3-16(11-15)22-6-8-23(9-7-22)19(24)21-12-14-4-5-17-18(10-14)26-13-25-17/h1-5,10-11H,6-9,12-13H2,(H,21,24). The number of fused-ring (bicyclic) bond motifs is 1. The molecule has 1 N–H and O–H groups in total. The summed E-state index contributed by atoms with van der Waals surface area (Å²) in [5.74, 6) is 1.19. The summed E-state index contributed by atoms with van der Waals surface area (Å²) in [6, 6.07) is 12.1. The second-order valence-electron chi connectivity index (χ2n) is 6.30. The van der Waals surface area contributed by atoms with E-state index in [-0.39, 0.29) is 18.6 Å². The highest BCUT2D eigenvalue weighted by Crippen LogP contribution is 2.32. The molecular formula is C19H20FN3O3. The molecule has 1 fully saturated rings. The van der Waals surface area contributed by atoms with Gasteiger partial charge < -0.3 is 24.6 Å². The number of carbonyl (C=O) groups excluding carboxylic acids is 1. The van der Waals surface area contributed by atoms with Crippen LogP contribution in [0, 0.1) is 5.82 Å². The maximum Gasteiger partial charge on any atom is 0.317 e. The lowest BCUT2D eigenvalue weighted by molar-refractivity contribution is 0.174. The zero-order valence-electron chi connectivity index (χ0n) is 14.3. The Morgan fingerprint density at radius 3 is 2.65 bits per heavy atom. The molecule has 2 aromatic rings. The number of benzene rings is 2. The molecule has 7 heteroatoms. The van der Waals surface area contributed by atoms with Gasteiger partial charge in [0.05, 0.1) is 0 Å². The van der Waals surface area contributed by atoms with Gasteiger partial charge in [-0.1, -0.05) is 12.1 Å². The number of urea groups is 1. The molecule has 0 unspecified atom stereocenters. The molecule has 0 aliphatic carbocycles. The third-order valence-corrected chi connectivity index (χ3v) is 4.62. The summed E-state index contributed by atoms with van der Waals surface area (Å²) in [7, 11) is 0. The summed E-state index contributed by atoms with van der Waals surface area (Å²) in [6.45, 7) is 3.23. The first-order chi connectivity index (χ1) is 12.7. The number of piperazine rings is 1. The lowest BCUT2D eigenvalue weighted by atomic mass is 10.2. The Kier molecular flexibility index (Phi) is 4.51. The van der Waals surface area contributed by atoms with Crippen LogP contribution in [-0.2, 0) is 6.54 Å². The molecule has 2 aromatic carbocycles. The molecule has 0 radical (unpaired) electrons. The highest BCUT2D eigenvalue weighted by atomic mass is 19.1. The average Bonchev–Trinajstić information content (AvgIpc) is 3.14. The Hall–Kier alpha value is -2.96. The van der Waals surface area contributed by atoms with Crippen LogP contribution in [0.15, 0.2) is 42.5 Å². The average molecular weight is 357 g/mol. The molecule has 0 saturated carbocycles. The zero-order valence-corrected chi connectivity index (χ0v) is 14.3. The topological polar surface area (TPSA) is 54.0 Å². The minimum Gasteiger partial charge on any atom is -0.454 e. The third kappa shape index (κ3) is 3.51. The van der Waals surface area contributed by atoms with Crippen molar-refractivity contribution < 1.29 is 18.7 Å². The van der Waals surface area contributed by atoms with Gasteiger partial charge in [-0.3, -0.25) is 0 Å². The van der Waals surface area contributed by atoms with Gasteiger partial charge in [0.2, 0.25) is 6.79 Å². The Morgan fingerprint density at radius 2 is 1.85 bits per heavy atom. The summed E-state index contributed by atoms with van der Waals surface area (Å²) in [4.78, 5) is 16.3. The van der Waals surface area contributed by atoms with E-state index in [0.29, 0.717) is 38.5 Å². The van der Waals surface area contributed by atoms with Gasteiger partial charge in [-0.05, 0) is 35.9 Å². The predicted molar refractivity (Wildman–Crippen MR) is 95.0 cm³/mol. The van der Waals surface area contributed by atoms with E-state index >= 15 is 0 Å². The molecule has 2 aliphatic heterocycles. The normalized spacial score (nSPS) is 15.9. The summed E-state index contributed by atoms with van der Waals surface area (Å²) in [5, 5.41) is 2.94. The smallest absolute Gasteiger partial charge is 0.317 e. The molecule has 2 heterocycles. The number of nitrogens with one attached hydrogen (secondary N) is 1. The molecular weight excluding hydrogens is 337 g/mol. The van der Waals surface area contributed by atoms with E-state index in [1.807, 2.05) is 24.3 Å². The number of halogens is 1. The van der Waals surface area contributed by atoms with Gasteiger partial charge in [0.1, 0.15) is 5.82 Å². The minimum atomic E-state index is -0.244. The number of anilines is 1. The van der Waals surface area contributed by atoms with Gasteiger partial charge in [0, 0.05) is 38.4 Å². The maximum atomic E-state index is 13.4. The number of hydrogen-bond acceptors (Lipinski definition) is 4. The Labute approximate surface area is 151 Å². The molecule has 2 amide bonds. The van der Waals surface area contributed by atoms with Crippen LogP contribution in [0.25, 0.3) is 0 Å². The van der Waals surface area contributed by atoms with Crippen LogP contribution in [0.2, 0.25) is 0 Å². The van der Waals surface area contributed by atoms with Crippen molar-refractivity contribution in [2.24, 2.45) is 0 Å². The fourth-order valence-corrected chi connectivity index (χ4v) is 3.18. The van der Waals surface area contributed by atoms with Crippen molar-refractivity contribution in [1.29, 1.82) is 0 Å². The molecule has 0 spiro atoms. The van der Waals surface area contributed by atoms with Gasteiger partial charge in [-0.25, -0.2) is 9.18 Å². The van der Waals surface area contributed by atoms with Crippen LogP contribution in [0.4, 0.5) is 14.9 Å². The molecule has 1 saturated heterocycles. The van der Waals surface area contributed by atoms with E-state index in [2.05, 4.69) is 10.2 Å². The van der Waals surface area contributed by atoms with Gasteiger partial charge in [0.25, 0.3) is 0 Å². The van der Waals surface area contributed by atoms with Crippen molar-refractivity contribution in [3.8, 4) is 11.5 Å². The minimum absolute atomic E-state index is 0.0958. The fraction of sp³-hybridized carbons (Fsp3) is 0.316. The zero-order chi connectivity index (χ0) is 17.9. The molecule has 136 valence electrons. The van der Waals surface area contributed by atoms with Crippen molar-refractivity contribution in [1.82, 2.24) is 10.2 Å². The quantitative estimate of drug-likeness (QED) is 0.917. The summed E-state index contributed by atoms with van der Waals surface area (Å²) < 4.78 is 24.0. The SMILES string of the molecule is O=C(NCc1ccc2c(c1)OCO2)N1CCN(c2cccc(F)c2)CC1. The van der Waals surface area contributed by atoms with Crippen molar-refractivity contribution in [3.63, 3.8) is 0 Å². The number of rotatable bonds is 3. The molecule has 4 rings (SSSR count). The van der Waals surface area contributed by atoms with E-state index in [1.165, 1.54) is 12.1 Å². The largest absolute Gasteiger partial charge is 0.454 e. The van der Waals surface area contributed by atoms with Crippen LogP contribution in [0.1, 0.15) is 5.56 Å². The molecule has 26 heavy (non-hydrogen) atoms. The van der Waals surface area contributed by atoms with Crippen LogP contribution in [-0.4, -0.2) is 43.9 Å². The van der Waals surface area contributed by atoms with Crippen LogP contribution >= 0.6 is 0 Å². The number of ether oxygens (including phenoxy) is 2. The van der Waals surface area contributed by atoms with Crippen molar-refractivity contribution in [3.05, 3.63) is 53.8 Å². The first-order valence-electron chi connectivity index (χ1n) is 8.61. The monoisotopic (exact) mass is 357 g/mol. The van der Waals surface area contributed by atoms with Crippen molar-refractivity contribution in [2.45, 2.75) is 6.54 Å². The van der Waals surface area contributed by atoms with Crippen LogP contribution in [0.3, 0.4) is 0 Å². The second kappa shape index (κ2) is 7.11. The van der Waals surface area contributed by atoms with Crippen molar-refractivity contribution in [2.75, 3.05) is 37.9 Å². The molecule has 0 bridgehead atoms. The van der Waals surface area contributed by atoms with Gasteiger partial charge in [-0.2, -0.15) is 0 Å². The van der Waals surface area contributed by atoms with E-state index in [0.717, 1.165) is 17.0 Å². The van der Waals surface area contributed by atoms with Gasteiger partial charge >= 0.3 is 6.03 Å². The number of amides is 2. The second-order valence-corrected chi connectivity index (χ2v) is 6.30. The van der Waals surface area contributed by atoms with Crippen LogP contribution in [0.5, 0.6) is 11.5 Å². The van der Waals surface area contributed by atoms with E-state index < -0.39 is 0 Å². The summed E-state index contributed by atoms with van der Waals surface area (Å²) >= 11 is 0. The molecule has 2 aliphatic rings. The third-order valence-electron chi connectivity index (χ3n) is 4.62. The lowest BCUT2D eigenvalue weighted by Crippen LogP contribution is -2.51. The maximum absolute atomic E-state index is 13.4. The summed E-state index contributed by atoms with van der Waals surface area (Å²) in [5.41, 5.74) is 1.81. The molecule has 0 aromatic heterocycles. The highest BCUT2D eigenvalue weighted by molar-refractivity contribution is 5.74. The molecule has 0 atom stereocenters. The Morgan fingerprint density at radius 1 is 1.04 bits per heavy atom. The fourth-order valence-electron chi connectivity index (χ4n) is 3.18. The van der Waals surface area contributed by atoms with Crippen molar-refractivity contribution >= 4 is 11.7 Å². The van der Waals surface area contributed by atoms with Gasteiger partial charge in [-0.15, -0.1) is 0 Å². The first kappa shape index (κ1) is 16.5. The highest BCUT2D eigenvalue weighted by Gasteiger charge is 2.21. The molecule has 6 nitrogen and oxygen atoms in total. The lowest BCUT2D eigenvalue weighted by Gasteiger charge is -2.36. The first-order valence-corrected chi connectivity index (χ1v) is 8.61. The number of hydrogen-bond donors (Lipinski definition) is 1. The van der Waals surface area contributed by atoms with Crippen LogP contribution < -0.4 is 19.7 Å². The number of carbonyl (C=O) groups is 1. The summed E-state index contributed by atoms with van der Waals surface area (Å²) in [6.07, 6.45) is 0. The predicted octanol–water partition coefficient (Wildman–Crippen LogP) is 2.59. The number of nitrogens with zero attached hydrogens (tertiary/aromatic N) is 2. The van der Waals surface area contributed by atoms with E-state index in [1.54, 1.807) is 11.0 Å². The van der Waals surface area contributed by atoms with Gasteiger partial charge in [0.15, 0.2) is 11.5 Å².